The second kappa shape index (κ2) is 10.9. The number of hydrogen-bond acceptors (Lipinski definition) is 5. The van der Waals surface area contributed by atoms with E-state index in [9.17, 15) is 14.4 Å². The molecule has 7 heteroatoms. The molecule has 2 N–H and O–H groups in total. The Labute approximate surface area is 209 Å². The van der Waals surface area contributed by atoms with Crippen LogP contribution in [0.15, 0.2) is 72.8 Å². The van der Waals surface area contributed by atoms with Gasteiger partial charge in [0, 0.05) is 19.2 Å². The fourth-order valence-corrected chi connectivity index (χ4v) is 4.34. The maximum absolute atomic E-state index is 13.1. The minimum absolute atomic E-state index is 0.0457. The zero-order chi connectivity index (χ0) is 25.7. The normalized spacial score (nSPS) is 10.8. The first-order valence-corrected chi connectivity index (χ1v) is 11.7. The summed E-state index contributed by atoms with van der Waals surface area (Å²) >= 11 is 0. The molecule has 0 spiro atoms. The molecule has 36 heavy (non-hydrogen) atoms. The van der Waals surface area contributed by atoms with Gasteiger partial charge in [0.15, 0.2) is 0 Å². The van der Waals surface area contributed by atoms with E-state index < -0.39 is 17.7 Å². The fourth-order valence-electron chi connectivity index (χ4n) is 4.34. The number of esters is 1. The van der Waals surface area contributed by atoms with Gasteiger partial charge in [-0.1, -0.05) is 67.6 Å². The van der Waals surface area contributed by atoms with Crippen LogP contribution in [0.2, 0.25) is 0 Å². The van der Waals surface area contributed by atoms with Crippen LogP contribution in [-0.4, -0.2) is 22.2 Å². The number of ether oxygens (including phenoxy) is 2. The van der Waals surface area contributed by atoms with Gasteiger partial charge in [-0.3, -0.25) is 14.4 Å². The summed E-state index contributed by atoms with van der Waals surface area (Å²) in [5.74, 6) is -1.77. The van der Waals surface area contributed by atoms with E-state index in [1.54, 1.807) is 6.07 Å². The summed E-state index contributed by atoms with van der Waals surface area (Å²) in [5.41, 5.74) is 9.78. The molecule has 1 amide bonds. The highest BCUT2D eigenvalue weighted by Crippen LogP contribution is 2.37. The lowest BCUT2D eigenvalue weighted by atomic mass is 10.0. The number of ketones is 1. The van der Waals surface area contributed by atoms with E-state index in [-0.39, 0.29) is 18.8 Å². The van der Waals surface area contributed by atoms with Crippen molar-refractivity contribution in [3.8, 4) is 5.75 Å². The van der Waals surface area contributed by atoms with Crippen LogP contribution in [0.5, 0.6) is 5.75 Å². The summed E-state index contributed by atoms with van der Waals surface area (Å²) in [5, 5.41) is 0.522. The van der Waals surface area contributed by atoms with Gasteiger partial charge in [0.2, 0.25) is 0 Å². The van der Waals surface area contributed by atoms with Crippen LogP contribution >= 0.6 is 0 Å². The molecule has 0 aliphatic rings. The zero-order valence-electron chi connectivity index (χ0n) is 20.3. The number of nitrogens with two attached hydrogens (primary N) is 1. The first-order chi connectivity index (χ1) is 17.4. The molecule has 4 aromatic rings. The minimum atomic E-state index is -1.03. The van der Waals surface area contributed by atoms with Crippen LogP contribution in [0.4, 0.5) is 0 Å². The van der Waals surface area contributed by atoms with E-state index in [1.165, 1.54) is 6.92 Å². The summed E-state index contributed by atoms with van der Waals surface area (Å²) in [6.45, 7) is 4.05. The molecule has 0 fully saturated rings. The third kappa shape index (κ3) is 5.30. The lowest BCUT2D eigenvalue weighted by molar-refractivity contribution is -0.142. The van der Waals surface area contributed by atoms with Crippen molar-refractivity contribution in [3.05, 3.63) is 101 Å². The molecule has 1 aromatic heterocycles. The number of fused-ring (bicyclic) bond motifs is 1. The Morgan fingerprint density at radius 1 is 0.861 bits per heavy atom. The monoisotopic (exact) mass is 484 g/mol. The highest BCUT2D eigenvalue weighted by Gasteiger charge is 2.28. The van der Waals surface area contributed by atoms with Gasteiger partial charge in [0.25, 0.3) is 11.7 Å². The van der Waals surface area contributed by atoms with Gasteiger partial charge in [-0.15, -0.1) is 0 Å². The van der Waals surface area contributed by atoms with Gasteiger partial charge in [-0.25, -0.2) is 0 Å². The van der Waals surface area contributed by atoms with Crippen LogP contribution in [0.3, 0.4) is 0 Å². The Morgan fingerprint density at radius 2 is 1.50 bits per heavy atom. The standard InChI is InChI=1S/C29H28N2O5/c1-3-23-27(28(33)29(30)34)26-24(31(23)16-20-10-6-4-7-11-20)14-22(18-35-19(2)32)15-25(26)36-17-21-12-8-5-9-13-21/h4-15H,3,16-18H2,1-2H3,(H2,30,34). The van der Waals surface area contributed by atoms with Crippen molar-refractivity contribution in [2.75, 3.05) is 0 Å². The predicted octanol–water partition coefficient (Wildman–Crippen LogP) is 4.56. The molecule has 0 aliphatic heterocycles. The number of nitrogens with zero attached hydrogens (tertiary/aromatic N) is 1. The van der Waals surface area contributed by atoms with E-state index in [2.05, 4.69) is 0 Å². The van der Waals surface area contributed by atoms with Crippen LogP contribution in [0, 0.1) is 0 Å². The van der Waals surface area contributed by atoms with E-state index in [4.69, 9.17) is 15.2 Å². The quantitative estimate of drug-likeness (QED) is 0.202. The van der Waals surface area contributed by atoms with Crippen molar-refractivity contribution >= 4 is 28.6 Å². The van der Waals surface area contributed by atoms with E-state index in [0.717, 1.165) is 11.1 Å². The predicted molar refractivity (Wildman–Crippen MR) is 137 cm³/mol. The number of primary amides is 1. The van der Waals surface area contributed by atoms with Crippen molar-refractivity contribution < 1.29 is 23.9 Å². The number of carbonyl (C=O) groups is 3. The smallest absolute Gasteiger partial charge is 0.302 e. The number of benzene rings is 3. The van der Waals surface area contributed by atoms with Gasteiger partial charge in [-0.2, -0.15) is 0 Å². The first-order valence-electron chi connectivity index (χ1n) is 11.7. The molecule has 4 rings (SSSR count). The molecule has 0 saturated heterocycles. The summed E-state index contributed by atoms with van der Waals surface area (Å²) in [6, 6.07) is 23.1. The lowest BCUT2D eigenvalue weighted by Gasteiger charge is -2.13. The second-order valence-corrected chi connectivity index (χ2v) is 8.48. The van der Waals surface area contributed by atoms with Crippen molar-refractivity contribution in [2.24, 2.45) is 5.73 Å². The van der Waals surface area contributed by atoms with E-state index in [1.807, 2.05) is 78.2 Å². The number of amides is 1. The Morgan fingerprint density at radius 3 is 2.08 bits per heavy atom. The summed E-state index contributed by atoms with van der Waals surface area (Å²) in [7, 11) is 0. The van der Waals surface area contributed by atoms with Gasteiger partial charge in [0.1, 0.15) is 19.0 Å². The number of aromatic nitrogens is 1. The third-order valence-electron chi connectivity index (χ3n) is 5.94. The van der Waals surface area contributed by atoms with E-state index in [0.29, 0.717) is 40.9 Å². The summed E-state index contributed by atoms with van der Waals surface area (Å²) in [4.78, 5) is 36.7. The largest absolute Gasteiger partial charge is 0.488 e. The Bertz CT molecular complexity index is 1410. The molecule has 184 valence electrons. The van der Waals surface area contributed by atoms with Gasteiger partial charge in [-0.05, 0) is 35.2 Å². The van der Waals surface area contributed by atoms with Gasteiger partial charge in [0.05, 0.1) is 16.5 Å². The molecule has 0 atom stereocenters. The summed E-state index contributed by atoms with van der Waals surface area (Å²) in [6.07, 6.45) is 0.493. The molecule has 0 bridgehead atoms. The molecular weight excluding hydrogens is 456 g/mol. The Balaban J connectivity index is 1.95. The highest BCUT2D eigenvalue weighted by atomic mass is 16.5. The molecule has 3 aromatic carbocycles. The van der Waals surface area contributed by atoms with Crippen molar-refractivity contribution in [2.45, 2.75) is 40.0 Å². The Kier molecular flexibility index (Phi) is 7.49. The average molecular weight is 485 g/mol. The molecule has 0 radical (unpaired) electrons. The number of carbonyl (C=O) groups excluding carboxylic acids is 3. The van der Waals surface area contributed by atoms with Gasteiger partial charge >= 0.3 is 5.97 Å². The second-order valence-electron chi connectivity index (χ2n) is 8.48. The molecule has 7 nitrogen and oxygen atoms in total. The van der Waals surface area contributed by atoms with Crippen LogP contribution in [0.25, 0.3) is 10.9 Å². The lowest BCUT2D eigenvalue weighted by Crippen LogP contribution is -2.24. The molecule has 0 aliphatic carbocycles. The topological polar surface area (TPSA) is 101 Å². The number of rotatable bonds is 10. The fraction of sp³-hybridized carbons (Fsp3) is 0.207. The van der Waals surface area contributed by atoms with E-state index >= 15 is 0 Å². The van der Waals surface area contributed by atoms with Crippen LogP contribution in [-0.2, 0) is 40.5 Å². The average Bonchev–Trinajstić information content (AvgIpc) is 3.19. The number of Topliss-reactive ketones (excluding diaryl/α,β-unsaturated/α-hetero) is 1. The zero-order valence-corrected chi connectivity index (χ0v) is 20.3. The first kappa shape index (κ1) is 24.7. The molecule has 0 unspecified atom stereocenters. The van der Waals surface area contributed by atoms with Crippen molar-refractivity contribution in [3.63, 3.8) is 0 Å². The summed E-state index contributed by atoms with van der Waals surface area (Å²) < 4.78 is 13.5. The molecular formula is C29H28N2O5. The third-order valence-corrected chi connectivity index (χ3v) is 5.94. The van der Waals surface area contributed by atoms with Crippen molar-refractivity contribution in [1.29, 1.82) is 0 Å². The van der Waals surface area contributed by atoms with Gasteiger partial charge < -0.3 is 19.8 Å². The Hall–Kier alpha value is -4.39. The minimum Gasteiger partial charge on any atom is -0.488 e. The maximum Gasteiger partial charge on any atom is 0.302 e. The van der Waals surface area contributed by atoms with Crippen LogP contribution < -0.4 is 10.5 Å². The number of hydrogen-bond donors (Lipinski definition) is 1. The maximum atomic E-state index is 13.1. The molecule has 1 heterocycles. The van der Waals surface area contributed by atoms with Crippen LogP contribution in [0.1, 0.15) is 46.6 Å². The SMILES string of the molecule is CCc1c(C(=O)C(N)=O)c2c(OCc3ccccc3)cc(COC(C)=O)cc2n1Cc1ccccc1. The highest BCUT2D eigenvalue weighted by molar-refractivity contribution is 6.45. The molecule has 0 saturated carbocycles. The van der Waals surface area contributed by atoms with Crippen molar-refractivity contribution in [1.82, 2.24) is 4.57 Å².